The average Bonchev–Trinajstić information content (AvgIpc) is 2.26. The van der Waals surface area contributed by atoms with Gasteiger partial charge in [0.25, 0.3) is 0 Å². The Kier molecular flexibility index (Phi) is 5.99. The van der Waals surface area contributed by atoms with Crippen molar-refractivity contribution in [2.75, 3.05) is 18.1 Å². The second-order valence-electron chi connectivity index (χ2n) is 5.69. The molecular weight excluding hydrogens is 250 g/mol. The van der Waals surface area contributed by atoms with Gasteiger partial charge in [0, 0.05) is 18.2 Å². The van der Waals surface area contributed by atoms with Gasteiger partial charge in [-0.15, -0.1) is 11.8 Å². The van der Waals surface area contributed by atoms with Crippen LogP contribution >= 0.6 is 11.8 Å². The minimum absolute atomic E-state index is 0.104. The molecule has 104 valence electrons. The largest absolute Gasteiger partial charge is 0.481 e. The summed E-state index contributed by atoms with van der Waals surface area (Å²) in [6.07, 6.45) is 4.27. The Balaban J connectivity index is 2.18. The maximum Gasteiger partial charge on any atom is 0.313 e. The van der Waals surface area contributed by atoms with E-state index in [1.165, 1.54) is 18.2 Å². The van der Waals surface area contributed by atoms with Gasteiger partial charge in [0.05, 0.1) is 5.75 Å². The molecule has 1 aliphatic rings. The van der Waals surface area contributed by atoms with E-state index in [1.54, 1.807) is 0 Å². The third-order valence-electron chi connectivity index (χ3n) is 3.35. The highest BCUT2D eigenvalue weighted by atomic mass is 32.2. The predicted octanol–water partition coefficient (Wildman–Crippen LogP) is 2.14. The average molecular weight is 273 g/mol. The minimum atomic E-state index is -0.805. The number of aliphatic carboxylic acids is 1. The Morgan fingerprint density at radius 2 is 2.17 bits per heavy atom. The molecule has 1 atom stereocenters. The number of thioether (sulfide) groups is 1. The monoisotopic (exact) mass is 273 g/mol. The summed E-state index contributed by atoms with van der Waals surface area (Å²) >= 11 is 1.34. The molecule has 1 fully saturated rings. The molecule has 1 amide bonds. The van der Waals surface area contributed by atoms with Crippen LogP contribution in [0, 0.1) is 11.3 Å². The van der Waals surface area contributed by atoms with Crippen LogP contribution in [-0.4, -0.2) is 35.0 Å². The van der Waals surface area contributed by atoms with Crippen molar-refractivity contribution < 1.29 is 14.7 Å². The zero-order valence-electron chi connectivity index (χ0n) is 11.2. The SMILES string of the molecule is CC1(C)CCCC(C(=O)NCCSCC(=O)O)C1. The molecule has 0 heterocycles. The van der Waals surface area contributed by atoms with Crippen LogP contribution in [0.4, 0.5) is 0 Å². The number of carbonyl (C=O) groups excluding carboxylic acids is 1. The van der Waals surface area contributed by atoms with Crippen molar-refractivity contribution in [1.82, 2.24) is 5.32 Å². The van der Waals surface area contributed by atoms with Gasteiger partial charge in [-0.1, -0.05) is 20.3 Å². The van der Waals surface area contributed by atoms with Crippen LogP contribution < -0.4 is 5.32 Å². The van der Waals surface area contributed by atoms with E-state index in [-0.39, 0.29) is 23.0 Å². The molecule has 0 saturated heterocycles. The van der Waals surface area contributed by atoms with E-state index < -0.39 is 5.97 Å². The third kappa shape index (κ3) is 5.76. The quantitative estimate of drug-likeness (QED) is 0.728. The molecule has 0 aromatic carbocycles. The lowest BCUT2D eigenvalue weighted by atomic mass is 9.72. The summed E-state index contributed by atoms with van der Waals surface area (Å²) in [5.41, 5.74) is 0.276. The number of hydrogen-bond acceptors (Lipinski definition) is 3. The fraction of sp³-hybridized carbons (Fsp3) is 0.846. The normalized spacial score (nSPS) is 22.4. The van der Waals surface area contributed by atoms with Gasteiger partial charge in [0.2, 0.25) is 5.91 Å². The van der Waals surface area contributed by atoms with E-state index in [0.717, 1.165) is 19.3 Å². The molecule has 5 heteroatoms. The number of amides is 1. The Bertz CT molecular complexity index is 305. The standard InChI is InChI=1S/C13H23NO3S/c1-13(2)5-3-4-10(8-13)12(17)14-6-7-18-9-11(15)16/h10H,3-9H2,1-2H3,(H,14,17)(H,15,16). The Labute approximate surface area is 113 Å². The van der Waals surface area contributed by atoms with Crippen molar-refractivity contribution in [3.05, 3.63) is 0 Å². The number of carboxylic acids is 1. The second-order valence-corrected chi connectivity index (χ2v) is 6.80. The van der Waals surface area contributed by atoms with Crippen LogP contribution in [0.1, 0.15) is 39.5 Å². The van der Waals surface area contributed by atoms with Crippen molar-refractivity contribution in [2.24, 2.45) is 11.3 Å². The maximum atomic E-state index is 11.9. The van der Waals surface area contributed by atoms with Crippen LogP contribution in [0.25, 0.3) is 0 Å². The van der Waals surface area contributed by atoms with Gasteiger partial charge in [0.1, 0.15) is 0 Å². The molecule has 0 aromatic rings. The molecule has 4 nitrogen and oxygen atoms in total. The van der Waals surface area contributed by atoms with Crippen LogP contribution in [-0.2, 0) is 9.59 Å². The Morgan fingerprint density at radius 1 is 1.44 bits per heavy atom. The molecule has 0 bridgehead atoms. The van der Waals surface area contributed by atoms with E-state index in [1.807, 2.05) is 0 Å². The molecule has 1 unspecified atom stereocenters. The highest BCUT2D eigenvalue weighted by Gasteiger charge is 2.31. The van der Waals surface area contributed by atoms with Crippen molar-refractivity contribution in [3.8, 4) is 0 Å². The summed E-state index contributed by atoms with van der Waals surface area (Å²) in [5, 5.41) is 11.4. The number of hydrogen-bond donors (Lipinski definition) is 2. The third-order valence-corrected chi connectivity index (χ3v) is 4.29. The Hall–Kier alpha value is -0.710. The van der Waals surface area contributed by atoms with E-state index in [4.69, 9.17) is 5.11 Å². The predicted molar refractivity (Wildman–Crippen MR) is 73.7 cm³/mol. The van der Waals surface area contributed by atoms with Gasteiger partial charge in [-0.3, -0.25) is 9.59 Å². The molecule has 0 spiro atoms. The van der Waals surface area contributed by atoms with Crippen molar-refractivity contribution in [3.63, 3.8) is 0 Å². The van der Waals surface area contributed by atoms with E-state index in [9.17, 15) is 9.59 Å². The molecule has 1 aliphatic carbocycles. The number of nitrogens with one attached hydrogen (secondary N) is 1. The van der Waals surface area contributed by atoms with Crippen LogP contribution in [0.2, 0.25) is 0 Å². The summed E-state index contributed by atoms with van der Waals surface area (Å²) in [5.74, 6) is 0.234. The van der Waals surface area contributed by atoms with Crippen molar-refractivity contribution >= 4 is 23.6 Å². The summed E-state index contributed by atoms with van der Waals surface area (Å²) in [6, 6.07) is 0. The fourth-order valence-corrected chi connectivity index (χ4v) is 3.04. The first-order valence-corrected chi connectivity index (χ1v) is 7.63. The molecule has 0 aromatic heterocycles. The van der Waals surface area contributed by atoms with E-state index in [0.29, 0.717) is 12.3 Å². The van der Waals surface area contributed by atoms with E-state index in [2.05, 4.69) is 19.2 Å². The first-order chi connectivity index (χ1) is 8.41. The minimum Gasteiger partial charge on any atom is -0.481 e. The molecule has 0 aliphatic heterocycles. The van der Waals surface area contributed by atoms with Gasteiger partial charge in [-0.2, -0.15) is 0 Å². The number of rotatable bonds is 6. The number of carbonyl (C=O) groups is 2. The lowest BCUT2D eigenvalue weighted by molar-refractivity contribution is -0.134. The van der Waals surface area contributed by atoms with Gasteiger partial charge in [-0.25, -0.2) is 0 Å². The summed E-state index contributed by atoms with van der Waals surface area (Å²) in [6.45, 7) is 5.00. The van der Waals surface area contributed by atoms with Crippen molar-refractivity contribution in [1.29, 1.82) is 0 Å². The van der Waals surface area contributed by atoms with Crippen LogP contribution in [0.3, 0.4) is 0 Å². The molecule has 0 radical (unpaired) electrons. The van der Waals surface area contributed by atoms with Crippen LogP contribution in [0.15, 0.2) is 0 Å². The highest BCUT2D eigenvalue weighted by molar-refractivity contribution is 7.99. The van der Waals surface area contributed by atoms with Gasteiger partial charge >= 0.3 is 5.97 Å². The molecule has 1 saturated carbocycles. The zero-order chi connectivity index (χ0) is 13.6. The van der Waals surface area contributed by atoms with Gasteiger partial charge in [0.15, 0.2) is 0 Å². The smallest absolute Gasteiger partial charge is 0.313 e. The molecule has 18 heavy (non-hydrogen) atoms. The highest BCUT2D eigenvalue weighted by Crippen LogP contribution is 2.38. The van der Waals surface area contributed by atoms with E-state index >= 15 is 0 Å². The molecule has 2 N–H and O–H groups in total. The topological polar surface area (TPSA) is 66.4 Å². The maximum absolute atomic E-state index is 11.9. The van der Waals surface area contributed by atoms with Gasteiger partial charge < -0.3 is 10.4 Å². The second kappa shape index (κ2) is 7.02. The summed E-state index contributed by atoms with van der Waals surface area (Å²) in [7, 11) is 0. The fourth-order valence-electron chi connectivity index (χ4n) is 2.47. The first-order valence-electron chi connectivity index (χ1n) is 6.48. The molecular formula is C13H23NO3S. The van der Waals surface area contributed by atoms with Gasteiger partial charge in [-0.05, 0) is 24.7 Å². The summed E-state index contributed by atoms with van der Waals surface area (Å²) < 4.78 is 0. The van der Waals surface area contributed by atoms with Crippen LogP contribution in [0.5, 0.6) is 0 Å². The lowest BCUT2D eigenvalue weighted by Crippen LogP contribution is -2.37. The summed E-state index contributed by atoms with van der Waals surface area (Å²) in [4.78, 5) is 22.3. The van der Waals surface area contributed by atoms with Crippen molar-refractivity contribution in [2.45, 2.75) is 39.5 Å². The molecule has 1 rings (SSSR count). The Morgan fingerprint density at radius 3 is 2.78 bits per heavy atom. The lowest BCUT2D eigenvalue weighted by Gasteiger charge is -2.34. The first kappa shape index (κ1) is 15.3. The zero-order valence-corrected chi connectivity index (χ0v) is 12.0. The number of carboxylic acid groups (broad SMARTS) is 1.